The predicted octanol–water partition coefficient (Wildman–Crippen LogP) is 3.74. The SMILES string of the molecule is COc1cccc(CNC(=S)Nc2ccc(OC)c3ncccc23)c1. The number of nitrogens with one attached hydrogen (secondary N) is 2. The molecule has 0 radical (unpaired) electrons. The second-order valence-electron chi connectivity index (χ2n) is 5.37. The van der Waals surface area contributed by atoms with Gasteiger partial charge in [-0.15, -0.1) is 0 Å². The van der Waals surface area contributed by atoms with Crippen molar-refractivity contribution in [3.8, 4) is 11.5 Å². The summed E-state index contributed by atoms with van der Waals surface area (Å²) in [6, 6.07) is 15.5. The lowest BCUT2D eigenvalue weighted by atomic mass is 10.1. The second kappa shape index (κ2) is 7.81. The van der Waals surface area contributed by atoms with Gasteiger partial charge in [-0.2, -0.15) is 0 Å². The van der Waals surface area contributed by atoms with Crippen molar-refractivity contribution >= 4 is 33.9 Å². The fourth-order valence-electron chi connectivity index (χ4n) is 2.55. The number of nitrogens with zero attached hydrogens (tertiary/aromatic N) is 1. The zero-order valence-electron chi connectivity index (χ0n) is 14.1. The molecule has 1 aromatic heterocycles. The van der Waals surface area contributed by atoms with Gasteiger partial charge in [-0.25, -0.2) is 0 Å². The van der Waals surface area contributed by atoms with Gasteiger partial charge in [0.15, 0.2) is 5.11 Å². The van der Waals surface area contributed by atoms with Gasteiger partial charge in [0.1, 0.15) is 17.0 Å². The third-order valence-corrected chi connectivity index (χ3v) is 4.03. The summed E-state index contributed by atoms with van der Waals surface area (Å²) in [5, 5.41) is 7.92. The minimum absolute atomic E-state index is 0.540. The van der Waals surface area contributed by atoms with Crippen molar-refractivity contribution < 1.29 is 9.47 Å². The summed E-state index contributed by atoms with van der Waals surface area (Å²) in [4.78, 5) is 4.39. The number of benzene rings is 2. The Kier molecular flexibility index (Phi) is 5.30. The fourth-order valence-corrected chi connectivity index (χ4v) is 2.73. The highest BCUT2D eigenvalue weighted by Gasteiger charge is 2.08. The van der Waals surface area contributed by atoms with Crippen molar-refractivity contribution in [2.45, 2.75) is 6.54 Å². The molecule has 0 aliphatic heterocycles. The molecule has 0 spiro atoms. The molecule has 2 aromatic carbocycles. The van der Waals surface area contributed by atoms with E-state index in [1.54, 1.807) is 20.4 Å². The molecule has 25 heavy (non-hydrogen) atoms. The maximum Gasteiger partial charge on any atom is 0.171 e. The van der Waals surface area contributed by atoms with E-state index in [0.717, 1.165) is 33.7 Å². The predicted molar refractivity (Wildman–Crippen MR) is 104 cm³/mol. The van der Waals surface area contributed by atoms with Crippen molar-refractivity contribution in [3.05, 3.63) is 60.3 Å². The lowest BCUT2D eigenvalue weighted by molar-refractivity contribution is 0.414. The third-order valence-electron chi connectivity index (χ3n) is 3.79. The first kappa shape index (κ1) is 17.0. The van der Waals surface area contributed by atoms with Crippen LogP contribution in [0.3, 0.4) is 0 Å². The van der Waals surface area contributed by atoms with Crippen LogP contribution in [0.1, 0.15) is 5.56 Å². The number of fused-ring (bicyclic) bond motifs is 1. The zero-order valence-corrected chi connectivity index (χ0v) is 14.9. The van der Waals surface area contributed by atoms with E-state index in [4.69, 9.17) is 21.7 Å². The zero-order chi connectivity index (χ0) is 17.6. The number of hydrogen-bond donors (Lipinski definition) is 2. The molecular weight excluding hydrogens is 334 g/mol. The highest BCUT2D eigenvalue weighted by molar-refractivity contribution is 7.80. The first-order valence-electron chi connectivity index (χ1n) is 7.81. The second-order valence-corrected chi connectivity index (χ2v) is 5.78. The number of methoxy groups -OCH3 is 2. The number of rotatable bonds is 5. The summed E-state index contributed by atoms with van der Waals surface area (Å²) >= 11 is 5.42. The summed E-state index contributed by atoms with van der Waals surface area (Å²) in [7, 11) is 3.29. The lowest BCUT2D eigenvalue weighted by Crippen LogP contribution is -2.28. The summed E-state index contributed by atoms with van der Waals surface area (Å²) < 4.78 is 10.6. The maximum absolute atomic E-state index is 5.42. The Hall–Kier alpha value is -2.86. The number of pyridine rings is 1. The van der Waals surface area contributed by atoms with E-state index < -0.39 is 0 Å². The molecule has 6 heteroatoms. The van der Waals surface area contributed by atoms with Crippen LogP contribution in [0.5, 0.6) is 11.5 Å². The van der Waals surface area contributed by atoms with Gasteiger partial charge in [0.05, 0.1) is 14.2 Å². The molecule has 0 fully saturated rings. The van der Waals surface area contributed by atoms with E-state index >= 15 is 0 Å². The Bertz CT molecular complexity index is 899. The van der Waals surface area contributed by atoms with E-state index in [1.165, 1.54) is 0 Å². The number of hydrogen-bond acceptors (Lipinski definition) is 4. The molecular formula is C19H19N3O2S. The van der Waals surface area contributed by atoms with E-state index in [9.17, 15) is 0 Å². The average Bonchev–Trinajstić information content (AvgIpc) is 2.67. The summed E-state index contributed by atoms with van der Waals surface area (Å²) in [6.45, 7) is 0.607. The Labute approximate surface area is 152 Å². The van der Waals surface area contributed by atoms with Crippen LogP contribution in [0.4, 0.5) is 5.69 Å². The monoisotopic (exact) mass is 353 g/mol. The van der Waals surface area contributed by atoms with Crippen molar-refractivity contribution in [2.75, 3.05) is 19.5 Å². The maximum atomic E-state index is 5.42. The van der Waals surface area contributed by atoms with Crippen LogP contribution in [0.15, 0.2) is 54.7 Å². The van der Waals surface area contributed by atoms with Gasteiger partial charge in [-0.1, -0.05) is 12.1 Å². The van der Waals surface area contributed by atoms with Crippen LogP contribution in [-0.4, -0.2) is 24.3 Å². The molecule has 0 aliphatic carbocycles. The van der Waals surface area contributed by atoms with E-state index in [0.29, 0.717) is 11.7 Å². The average molecular weight is 353 g/mol. The van der Waals surface area contributed by atoms with Gasteiger partial charge < -0.3 is 20.1 Å². The minimum Gasteiger partial charge on any atom is -0.497 e. The van der Waals surface area contributed by atoms with Crippen molar-refractivity contribution in [3.63, 3.8) is 0 Å². The quantitative estimate of drug-likeness (QED) is 0.682. The molecule has 3 aromatic rings. The summed E-state index contributed by atoms with van der Waals surface area (Å²) in [5.74, 6) is 1.56. The van der Waals surface area contributed by atoms with Gasteiger partial charge in [0.2, 0.25) is 0 Å². The fraction of sp³-hybridized carbons (Fsp3) is 0.158. The van der Waals surface area contributed by atoms with Crippen molar-refractivity contribution in [2.24, 2.45) is 0 Å². The van der Waals surface area contributed by atoms with E-state index in [2.05, 4.69) is 15.6 Å². The Balaban J connectivity index is 1.72. The van der Waals surface area contributed by atoms with Crippen LogP contribution in [0.2, 0.25) is 0 Å². The molecule has 0 aliphatic rings. The molecule has 2 N–H and O–H groups in total. The number of aromatic nitrogens is 1. The standard InChI is InChI=1S/C19H19N3O2S/c1-23-14-6-3-5-13(11-14)12-21-19(25)22-16-8-9-17(24-2)18-15(16)7-4-10-20-18/h3-11H,12H2,1-2H3,(H2,21,22,25). The summed E-state index contributed by atoms with van der Waals surface area (Å²) in [6.07, 6.45) is 1.74. The van der Waals surface area contributed by atoms with Crippen LogP contribution in [0, 0.1) is 0 Å². The Morgan fingerprint density at radius 3 is 2.76 bits per heavy atom. The first-order valence-corrected chi connectivity index (χ1v) is 8.21. The van der Waals surface area contributed by atoms with Crippen molar-refractivity contribution in [1.82, 2.24) is 10.3 Å². The molecule has 0 amide bonds. The highest BCUT2D eigenvalue weighted by atomic mass is 32.1. The Morgan fingerprint density at radius 1 is 1.08 bits per heavy atom. The highest BCUT2D eigenvalue weighted by Crippen LogP contribution is 2.29. The van der Waals surface area contributed by atoms with Crippen molar-refractivity contribution in [1.29, 1.82) is 0 Å². The van der Waals surface area contributed by atoms with Gasteiger partial charge in [-0.3, -0.25) is 4.98 Å². The molecule has 3 rings (SSSR count). The molecule has 128 valence electrons. The molecule has 0 saturated heterocycles. The molecule has 0 bridgehead atoms. The molecule has 1 heterocycles. The normalized spacial score (nSPS) is 10.3. The molecule has 0 saturated carbocycles. The van der Waals surface area contributed by atoms with Crippen LogP contribution in [-0.2, 0) is 6.54 Å². The van der Waals surface area contributed by atoms with Gasteiger partial charge in [0, 0.05) is 23.8 Å². The van der Waals surface area contributed by atoms with Crippen LogP contribution < -0.4 is 20.1 Å². The van der Waals surface area contributed by atoms with Gasteiger partial charge in [0.25, 0.3) is 0 Å². The minimum atomic E-state index is 0.540. The Morgan fingerprint density at radius 2 is 1.96 bits per heavy atom. The number of ether oxygens (including phenoxy) is 2. The van der Waals surface area contributed by atoms with Gasteiger partial charge in [-0.05, 0) is 54.2 Å². The smallest absolute Gasteiger partial charge is 0.171 e. The number of thiocarbonyl (C=S) groups is 1. The third kappa shape index (κ3) is 3.97. The van der Waals surface area contributed by atoms with Gasteiger partial charge >= 0.3 is 0 Å². The molecule has 0 atom stereocenters. The largest absolute Gasteiger partial charge is 0.497 e. The van der Waals surface area contributed by atoms with Crippen LogP contribution >= 0.6 is 12.2 Å². The van der Waals surface area contributed by atoms with E-state index in [1.807, 2.05) is 48.5 Å². The lowest BCUT2D eigenvalue weighted by Gasteiger charge is -2.14. The van der Waals surface area contributed by atoms with Crippen LogP contribution in [0.25, 0.3) is 10.9 Å². The van der Waals surface area contributed by atoms with E-state index in [-0.39, 0.29) is 0 Å². The molecule has 0 unspecified atom stereocenters. The first-order chi connectivity index (χ1) is 12.2. The summed E-state index contributed by atoms with van der Waals surface area (Å²) in [5.41, 5.74) is 2.77. The number of anilines is 1. The topological polar surface area (TPSA) is 55.4 Å². The molecule has 5 nitrogen and oxygen atoms in total.